The lowest BCUT2D eigenvalue weighted by molar-refractivity contribution is -0.154. The summed E-state index contributed by atoms with van der Waals surface area (Å²) in [5.74, 6) is -2.63. The van der Waals surface area contributed by atoms with E-state index in [-0.39, 0.29) is 13.1 Å². The number of hydrogen-bond donors (Lipinski definition) is 2. The number of benzene rings is 2. The fourth-order valence-corrected chi connectivity index (χ4v) is 3.37. The van der Waals surface area contributed by atoms with Crippen LogP contribution < -0.4 is 4.90 Å². The van der Waals surface area contributed by atoms with Crippen LogP contribution in [-0.2, 0) is 14.4 Å². The first-order valence-electron chi connectivity index (χ1n) is 8.12. The predicted octanol–water partition coefficient (Wildman–Crippen LogP) is 1.54. The molecule has 26 heavy (non-hydrogen) atoms. The number of hydrogen-bond acceptors (Lipinski definition) is 4. The average molecular weight is 354 g/mol. The summed E-state index contributed by atoms with van der Waals surface area (Å²) < 4.78 is 0. The van der Waals surface area contributed by atoms with Crippen LogP contribution in [0, 0.1) is 0 Å². The lowest BCUT2D eigenvalue weighted by Crippen LogP contribution is -2.65. The molecule has 0 unspecified atom stereocenters. The molecule has 2 aromatic carbocycles. The number of nitrogens with zero attached hydrogens (tertiary/aromatic N) is 2. The zero-order valence-electron chi connectivity index (χ0n) is 13.9. The molecule has 134 valence electrons. The number of carboxylic acids is 2. The van der Waals surface area contributed by atoms with Crippen molar-refractivity contribution in [1.29, 1.82) is 0 Å². The molecule has 0 radical (unpaired) electrons. The number of anilines is 1. The van der Waals surface area contributed by atoms with Gasteiger partial charge in [0.2, 0.25) is 6.41 Å². The highest BCUT2D eigenvalue weighted by molar-refractivity contribution is 5.92. The van der Waals surface area contributed by atoms with Gasteiger partial charge in [-0.15, -0.1) is 0 Å². The summed E-state index contributed by atoms with van der Waals surface area (Å²) in [5.41, 5.74) is 2.34. The summed E-state index contributed by atoms with van der Waals surface area (Å²) in [6.07, 6.45) is 0.398. The highest BCUT2D eigenvalue weighted by atomic mass is 16.4. The molecule has 0 aliphatic carbocycles. The Bertz CT molecular complexity index is 824. The maximum Gasteiger partial charge on any atom is 0.329 e. The number of carbonyl (C=O) groups excluding carboxylic acids is 1. The Morgan fingerprint density at radius 2 is 1.50 bits per heavy atom. The van der Waals surface area contributed by atoms with Crippen molar-refractivity contribution in [3.63, 3.8) is 0 Å². The Kier molecular flexibility index (Phi) is 4.88. The molecule has 0 aromatic heterocycles. The molecule has 2 N–H and O–H groups in total. The molecule has 1 saturated heterocycles. The Morgan fingerprint density at radius 1 is 0.885 bits per heavy atom. The summed E-state index contributed by atoms with van der Waals surface area (Å²) in [6.45, 7) is 0.358. The van der Waals surface area contributed by atoms with Gasteiger partial charge in [-0.05, 0) is 11.6 Å². The summed E-state index contributed by atoms with van der Waals surface area (Å²) >= 11 is 0. The average Bonchev–Trinajstić information content (AvgIpc) is 2.67. The molecule has 0 bridgehead atoms. The van der Waals surface area contributed by atoms with Gasteiger partial charge in [-0.2, -0.15) is 0 Å². The lowest BCUT2D eigenvalue weighted by Gasteiger charge is -2.43. The van der Waals surface area contributed by atoms with Gasteiger partial charge >= 0.3 is 11.9 Å². The van der Waals surface area contributed by atoms with Gasteiger partial charge in [0.25, 0.3) is 0 Å². The summed E-state index contributed by atoms with van der Waals surface area (Å²) in [5, 5.41) is 19.2. The second-order valence-corrected chi connectivity index (χ2v) is 5.99. The third-order valence-electron chi connectivity index (χ3n) is 4.53. The molecule has 7 heteroatoms. The lowest BCUT2D eigenvalue weighted by atomic mass is 9.97. The third kappa shape index (κ3) is 3.11. The smallest absolute Gasteiger partial charge is 0.329 e. The fraction of sp³-hybridized carbons (Fsp3) is 0.211. The molecule has 3 rings (SSSR count). The van der Waals surface area contributed by atoms with E-state index in [0.717, 1.165) is 16.0 Å². The van der Waals surface area contributed by atoms with Gasteiger partial charge < -0.3 is 20.0 Å². The summed E-state index contributed by atoms with van der Waals surface area (Å²) in [7, 11) is 0. The number of amides is 1. The predicted molar refractivity (Wildman–Crippen MR) is 94.8 cm³/mol. The first-order valence-corrected chi connectivity index (χ1v) is 8.12. The number of aliphatic carboxylic acids is 2. The van der Waals surface area contributed by atoms with Crippen LogP contribution in [0.15, 0.2) is 54.6 Å². The van der Waals surface area contributed by atoms with Gasteiger partial charge in [0.05, 0.1) is 0 Å². The van der Waals surface area contributed by atoms with Crippen LogP contribution in [0.3, 0.4) is 0 Å². The quantitative estimate of drug-likeness (QED) is 0.791. The summed E-state index contributed by atoms with van der Waals surface area (Å²) in [6, 6.07) is 13.9. The Balaban J connectivity index is 2.10. The van der Waals surface area contributed by atoms with E-state index in [4.69, 9.17) is 0 Å². The normalized spacial score (nSPS) is 19.8. The minimum Gasteiger partial charge on any atom is -0.480 e. The topological polar surface area (TPSA) is 98.2 Å². The molecular weight excluding hydrogens is 336 g/mol. The summed E-state index contributed by atoms with van der Waals surface area (Å²) in [4.78, 5) is 37.4. The standard InChI is InChI=1S/C19H18N2O5/c22-12-20-10-11-21(17(19(25)26)16(20)18(23)24)15-9-5-4-8-14(15)13-6-2-1-3-7-13/h1-9,12,16-17H,10-11H2,(H,23,24)(H,25,26)/t16-,17+/m0/s1. The van der Waals surface area contributed by atoms with Crippen molar-refractivity contribution in [2.45, 2.75) is 12.1 Å². The molecule has 7 nitrogen and oxygen atoms in total. The maximum atomic E-state index is 11.9. The number of piperazine rings is 1. The van der Waals surface area contributed by atoms with E-state index in [0.29, 0.717) is 12.1 Å². The molecule has 1 fully saturated rings. The van der Waals surface area contributed by atoms with Crippen molar-refractivity contribution in [3.8, 4) is 11.1 Å². The van der Waals surface area contributed by atoms with Crippen molar-refractivity contribution in [3.05, 3.63) is 54.6 Å². The van der Waals surface area contributed by atoms with Gasteiger partial charge in [0, 0.05) is 24.3 Å². The largest absolute Gasteiger partial charge is 0.480 e. The van der Waals surface area contributed by atoms with Gasteiger partial charge in [-0.25, -0.2) is 9.59 Å². The second-order valence-electron chi connectivity index (χ2n) is 5.99. The molecular formula is C19H18N2O5. The van der Waals surface area contributed by atoms with Gasteiger partial charge in [-0.1, -0.05) is 48.5 Å². The SMILES string of the molecule is O=CN1CCN(c2ccccc2-c2ccccc2)[C@@H](C(=O)O)[C@H]1C(=O)O. The molecule has 2 atom stereocenters. The minimum atomic E-state index is -1.46. The van der Waals surface area contributed by atoms with Crippen LogP contribution >= 0.6 is 0 Å². The van der Waals surface area contributed by atoms with Crippen LogP contribution in [0.25, 0.3) is 11.1 Å². The van der Waals surface area contributed by atoms with Crippen molar-refractivity contribution < 1.29 is 24.6 Å². The molecule has 1 heterocycles. The van der Waals surface area contributed by atoms with Gasteiger partial charge in [0.1, 0.15) is 0 Å². The van der Waals surface area contributed by atoms with Crippen LogP contribution in [0.2, 0.25) is 0 Å². The first kappa shape index (κ1) is 17.5. The number of rotatable bonds is 5. The highest BCUT2D eigenvalue weighted by Crippen LogP contribution is 2.34. The van der Waals surface area contributed by atoms with Crippen molar-refractivity contribution in [1.82, 2.24) is 4.90 Å². The van der Waals surface area contributed by atoms with Gasteiger partial charge in [0.15, 0.2) is 12.1 Å². The zero-order valence-corrected chi connectivity index (χ0v) is 13.9. The Hall–Kier alpha value is -3.35. The third-order valence-corrected chi connectivity index (χ3v) is 4.53. The minimum absolute atomic E-state index is 0.132. The zero-order chi connectivity index (χ0) is 18.7. The number of para-hydroxylation sites is 1. The van der Waals surface area contributed by atoms with E-state index in [2.05, 4.69) is 0 Å². The number of carbonyl (C=O) groups is 3. The van der Waals surface area contributed by atoms with Crippen molar-refractivity contribution >= 4 is 24.0 Å². The molecule has 2 aromatic rings. The Morgan fingerprint density at radius 3 is 2.12 bits per heavy atom. The second kappa shape index (κ2) is 7.26. The van der Waals surface area contributed by atoms with E-state index < -0.39 is 24.0 Å². The van der Waals surface area contributed by atoms with Crippen LogP contribution in [0.5, 0.6) is 0 Å². The van der Waals surface area contributed by atoms with E-state index in [1.807, 2.05) is 42.5 Å². The molecule has 1 amide bonds. The first-order chi connectivity index (χ1) is 12.5. The van der Waals surface area contributed by atoms with E-state index in [1.54, 1.807) is 17.0 Å². The highest BCUT2D eigenvalue weighted by Gasteiger charge is 2.45. The van der Waals surface area contributed by atoms with Crippen LogP contribution in [-0.4, -0.2) is 58.6 Å². The maximum absolute atomic E-state index is 11.9. The van der Waals surface area contributed by atoms with E-state index in [1.165, 1.54) is 0 Å². The number of carboxylic acid groups (broad SMARTS) is 2. The Labute approximate surface area is 150 Å². The monoisotopic (exact) mass is 354 g/mol. The van der Waals surface area contributed by atoms with Gasteiger partial charge in [-0.3, -0.25) is 4.79 Å². The molecule has 0 saturated carbocycles. The van der Waals surface area contributed by atoms with E-state index in [9.17, 15) is 24.6 Å². The molecule has 1 aliphatic rings. The van der Waals surface area contributed by atoms with Crippen LogP contribution in [0.1, 0.15) is 0 Å². The van der Waals surface area contributed by atoms with Crippen molar-refractivity contribution in [2.24, 2.45) is 0 Å². The molecule has 0 spiro atoms. The van der Waals surface area contributed by atoms with Crippen LogP contribution in [0.4, 0.5) is 5.69 Å². The van der Waals surface area contributed by atoms with E-state index >= 15 is 0 Å². The fourth-order valence-electron chi connectivity index (χ4n) is 3.37. The van der Waals surface area contributed by atoms with Crippen molar-refractivity contribution in [2.75, 3.05) is 18.0 Å². The molecule has 1 aliphatic heterocycles.